The first-order valence-corrected chi connectivity index (χ1v) is 8.72. The summed E-state index contributed by atoms with van der Waals surface area (Å²) in [6, 6.07) is 0. The molecular weight excluding hydrogens is 371 g/mol. The molecule has 0 bridgehead atoms. The molecule has 1 aromatic carbocycles. The summed E-state index contributed by atoms with van der Waals surface area (Å²) >= 11 is 0. The van der Waals surface area contributed by atoms with Crippen LogP contribution in [0.25, 0.3) is 0 Å². The summed E-state index contributed by atoms with van der Waals surface area (Å²) in [5.74, 6) is -1.48. The molecule has 28 heavy (non-hydrogen) atoms. The predicted molar refractivity (Wildman–Crippen MR) is 100 cm³/mol. The maximum absolute atomic E-state index is 12.2. The first kappa shape index (κ1) is 20.0. The number of carbonyl (C=O) groups is 1. The number of carboxylic acid groups (broad SMARTS) is 1. The molecule has 1 aromatic heterocycles. The first-order valence-electron chi connectivity index (χ1n) is 8.72. The van der Waals surface area contributed by atoms with Gasteiger partial charge in [0.25, 0.3) is 10.9 Å². The molecule has 6 N–H and O–H groups in total. The lowest BCUT2D eigenvalue weighted by Crippen LogP contribution is -2.55. The van der Waals surface area contributed by atoms with Crippen LogP contribution in [-0.4, -0.2) is 69.1 Å². The molecule has 0 saturated carbocycles. The highest BCUT2D eigenvalue weighted by Crippen LogP contribution is 2.36. The lowest BCUT2D eigenvalue weighted by atomic mass is 9.78. The molecule has 2 heterocycles. The summed E-state index contributed by atoms with van der Waals surface area (Å²) in [4.78, 5) is 43.0. The fraction of sp³-hybridized carbons (Fsp3) is 0.533. The number of nitrogens with two attached hydrogens (primary N) is 1. The molecule has 0 unspecified atom stereocenters. The monoisotopic (exact) mass is 392 g/mol. The van der Waals surface area contributed by atoms with Gasteiger partial charge in [0, 0.05) is 26.1 Å². The van der Waals surface area contributed by atoms with E-state index in [2.05, 4.69) is 15.2 Å². The zero-order chi connectivity index (χ0) is 20.6. The van der Waals surface area contributed by atoms with Gasteiger partial charge < -0.3 is 30.7 Å². The number of rotatable bonds is 8. The van der Waals surface area contributed by atoms with E-state index in [0.717, 1.165) is 0 Å². The fourth-order valence-electron chi connectivity index (χ4n) is 3.69. The van der Waals surface area contributed by atoms with Gasteiger partial charge >= 0.3 is 13.1 Å². The van der Waals surface area contributed by atoms with E-state index in [0.29, 0.717) is 12.8 Å². The predicted octanol–water partition coefficient (Wildman–Crippen LogP) is -2.36. The molecule has 13 heteroatoms. The van der Waals surface area contributed by atoms with Crippen LogP contribution in [0.5, 0.6) is 0 Å². The molecule has 1 aliphatic heterocycles. The molecule has 150 valence electrons. The minimum Gasteiger partial charge on any atom is -0.480 e. The SMILES string of the molecule is CN(c1ncn[nH]1)c1c(N2C[C@H](CCCB(O)O)[C@](N)(C(=O)O)C2)c(=O)c1=O. The Kier molecular flexibility index (Phi) is 5.23. The Bertz CT molecular complexity index is 926. The Morgan fingerprint density at radius 3 is 2.75 bits per heavy atom. The number of aromatic nitrogens is 3. The van der Waals surface area contributed by atoms with E-state index in [1.165, 1.54) is 16.1 Å². The standard InChI is InChI=1S/C15H21BN6O6/c1-21(14-18-7-19-20-14)9-10(12(24)11(9)23)22-5-8(3-2-4-16(27)28)15(17,6-22)13(25)26/h7-8,27-28H,2-6,17H2,1H3,(H,25,26)(H,18,19,20)/t8-,15-/m0/s1. The van der Waals surface area contributed by atoms with E-state index in [9.17, 15) is 19.5 Å². The van der Waals surface area contributed by atoms with Crippen molar-refractivity contribution in [3.8, 4) is 0 Å². The van der Waals surface area contributed by atoms with E-state index >= 15 is 0 Å². The molecule has 0 radical (unpaired) electrons. The van der Waals surface area contributed by atoms with Gasteiger partial charge in [0.05, 0.1) is 0 Å². The second-order valence-corrected chi connectivity index (χ2v) is 7.06. The zero-order valence-corrected chi connectivity index (χ0v) is 15.2. The lowest BCUT2D eigenvalue weighted by molar-refractivity contribution is -0.144. The van der Waals surface area contributed by atoms with Crippen molar-refractivity contribution in [1.82, 2.24) is 15.2 Å². The minimum absolute atomic E-state index is 0.0891. The van der Waals surface area contributed by atoms with Gasteiger partial charge in [-0.15, -0.1) is 0 Å². The largest absolute Gasteiger partial charge is 0.480 e. The van der Waals surface area contributed by atoms with Gasteiger partial charge in [0.2, 0.25) is 5.95 Å². The van der Waals surface area contributed by atoms with Crippen LogP contribution in [0, 0.1) is 5.92 Å². The van der Waals surface area contributed by atoms with Crippen molar-refractivity contribution in [2.45, 2.75) is 24.7 Å². The Morgan fingerprint density at radius 2 is 2.18 bits per heavy atom. The zero-order valence-electron chi connectivity index (χ0n) is 15.2. The normalized spacial score (nSPS) is 22.0. The third-order valence-corrected chi connectivity index (χ3v) is 5.27. The van der Waals surface area contributed by atoms with Crippen molar-refractivity contribution in [3.05, 3.63) is 26.8 Å². The van der Waals surface area contributed by atoms with Crippen LogP contribution < -0.4 is 26.4 Å². The van der Waals surface area contributed by atoms with E-state index in [1.54, 1.807) is 7.05 Å². The van der Waals surface area contributed by atoms with Crippen molar-refractivity contribution < 1.29 is 19.9 Å². The third kappa shape index (κ3) is 3.27. The fourth-order valence-corrected chi connectivity index (χ4v) is 3.69. The molecule has 12 nitrogen and oxygen atoms in total. The molecule has 0 amide bonds. The summed E-state index contributed by atoms with van der Waals surface area (Å²) in [6.45, 7) is 0.0171. The van der Waals surface area contributed by atoms with E-state index < -0.39 is 35.4 Å². The Hall–Kier alpha value is -2.77. The highest BCUT2D eigenvalue weighted by Gasteiger charge is 2.51. The summed E-state index contributed by atoms with van der Waals surface area (Å²) in [5.41, 5.74) is 3.31. The number of nitrogens with zero attached hydrogens (tertiary/aromatic N) is 4. The third-order valence-electron chi connectivity index (χ3n) is 5.27. The minimum atomic E-state index is -1.62. The van der Waals surface area contributed by atoms with Crippen LogP contribution in [0.1, 0.15) is 12.8 Å². The Balaban J connectivity index is 1.87. The summed E-state index contributed by atoms with van der Waals surface area (Å²) in [5, 5.41) is 33.9. The molecule has 1 aliphatic rings. The Morgan fingerprint density at radius 1 is 1.46 bits per heavy atom. The second-order valence-electron chi connectivity index (χ2n) is 7.06. The van der Waals surface area contributed by atoms with Crippen molar-refractivity contribution in [3.63, 3.8) is 0 Å². The highest BCUT2D eigenvalue weighted by molar-refractivity contribution is 6.40. The van der Waals surface area contributed by atoms with E-state index in [-0.39, 0.29) is 36.7 Å². The van der Waals surface area contributed by atoms with Crippen LogP contribution in [-0.2, 0) is 4.79 Å². The van der Waals surface area contributed by atoms with Crippen LogP contribution in [0.3, 0.4) is 0 Å². The summed E-state index contributed by atoms with van der Waals surface area (Å²) in [7, 11) is 0.0636. The number of nitrogens with one attached hydrogen (secondary N) is 1. The van der Waals surface area contributed by atoms with Crippen LogP contribution in [0.15, 0.2) is 15.9 Å². The van der Waals surface area contributed by atoms with Gasteiger partial charge in [-0.3, -0.25) is 14.4 Å². The van der Waals surface area contributed by atoms with Crippen molar-refractivity contribution in [2.24, 2.45) is 11.7 Å². The molecule has 3 rings (SSSR count). The van der Waals surface area contributed by atoms with E-state index in [1.807, 2.05) is 0 Å². The summed E-state index contributed by atoms with van der Waals surface area (Å²) < 4.78 is 0. The second kappa shape index (κ2) is 7.33. The smallest absolute Gasteiger partial charge is 0.451 e. The van der Waals surface area contributed by atoms with Gasteiger partial charge in [-0.1, -0.05) is 6.42 Å². The lowest BCUT2D eigenvalue weighted by Gasteiger charge is -2.27. The average Bonchev–Trinajstić information content (AvgIpc) is 3.27. The number of hydrogen-bond donors (Lipinski definition) is 5. The van der Waals surface area contributed by atoms with Crippen molar-refractivity contribution in [2.75, 3.05) is 29.9 Å². The number of aromatic amines is 1. The number of H-pyrrole nitrogens is 1. The van der Waals surface area contributed by atoms with E-state index in [4.69, 9.17) is 15.8 Å². The van der Waals surface area contributed by atoms with Crippen molar-refractivity contribution in [1.29, 1.82) is 0 Å². The van der Waals surface area contributed by atoms with Gasteiger partial charge in [0.15, 0.2) is 0 Å². The number of aliphatic carboxylic acids is 1. The first-order chi connectivity index (χ1) is 13.2. The van der Waals surface area contributed by atoms with Gasteiger partial charge in [-0.05, 0) is 12.7 Å². The topological polar surface area (TPSA) is 186 Å². The van der Waals surface area contributed by atoms with Crippen LogP contribution >= 0.6 is 0 Å². The Labute approximate surface area is 159 Å². The molecule has 1 saturated heterocycles. The number of anilines is 3. The average molecular weight is 392 g/mol. The van der Waals surface area contributed by atoms with Gasteiger partial charge in [0.1, 0.15) is 23.2 Å². The molecule has 2 aromatic rings. The molecule has 2 atom stereocenters. The number of carboxylic acids is 1. The molecule has 1 fully saturated rings. The quantitative estimate of drug-likeness (QED) is 0.239. The van der Waals surface area contributed by atoms with Gasteiger partial charge in [-0.25, -0.2) is 5.10 Å². The molecule has 0 spiro atoms. The van der Waals surface area contributed by atoms with Crippen LogP contribution in [0.2, 0.25) is 6.32 Å². The van der Waals surface area contributed by atoms with Crippen LogP contribution in [0.4, 0.5) is 17.3 Å². The summed E-state index contributed by atoms with van der Waals surface area (Å²) in [6.07, 6.45) is 2.04. The van der Waals surface area contributed by atoms with Gasteiger partial charge in [-0.2, -0.15) is 10.1 Å². The van der Waals surface area contributed by atoms with Crippen molar-refractivity contribution >= 4 is 30.4 Å². The molecular formula is C15H21BN6O6. The maximum Gasteiger partial charge on any atom is 0.451 e. The number of hydrogen-bond acceptors (Lipinski definition) is 10. The molecule has 0 aliphatic carbocycles. The maximum atomic E-state index is 12.2. The highest BCUT2D eigenvalue weighted by atomic mass is 16.4.